The summed E-state index contributed by atoms with van der Waals surface area (Å²) < 4.78 is 77.7. The van der Waals surface area contributed by atoms with Crippen LogP contribution < -0.4 is 0 Å². The van der Waals surface area contributed by atoms with Crippen LogP contribution in [0.1, 0.15) is 25.0 Å². The number of hydrogen-bond acceptors (Lipinski definition) is 12. The summed E-state index contributed by atoms with van der Waals surface area (Å²) in [7, 11) is -8.91. The summed E-state index contributed by atoms with van der Waals surface area (Å²) in [4.78, 5) is 23.1. The molecule has 208 valence electrons. The van der Waals surface area contributed by atoms with Crippen molar-refractivity contribution in [1.82, 2.24) is 0 Å². The molecule has 1 saturated heterocycles. The van der Waals surface area contributed by atoms with Gasteiger partial charge in [-0.3, -0.25) is 18.0 Å². The molecule has 0 saturated carbocycles. The number of carbonyl (C=O) groups excluding carboxylic acids is 2. The van der Waals surface area contributed by atoms with Gasteiger partial charge in [-0.2, -0.15) is 16.8 Å². The third-order valence-corrected chi connectivity index (χ3v) is 8.08. The molecule has 1 heterocycles. The molecule has 5 atom stereocenters. The van der Waals surface area contributed by atoms with Crippen LogP contribution in [0.2, 0.25) is 0 Å². The second kappa shape index (κ2) is 11.9. The summed E-state index contributed by atoms with van der Waals surface area (Å²) >= 11 is 0. The number of aryl methyl sites for hydroxylation is 2. The third-order valence-electron chi connectivity index (χ3n) is 5.46. The molecule has 14 heteroatoms. The SMILES string of the molecule is CC(=O)O[C@@H]1[C@@H](OC(C)=O)[C@H](O)O[C@H](COS(=O)(=O)c2ccc(C)cc2)[C@H]1OS(=O)(=O)c1ccc(C)cc1. The average Bonchev–Trinajstić information content (AvgIpc) is 2.82. The van der Waals surface area contributed by atoms with Crippen molar-refractivity contribution in [3.05, 3.63) is 59.7 Å². The van der Waals surface area contributed by atoms with Crippen molar-refractivity contribution >= 4 is 32.2 Å². The summed E-state index contributed by atoms with van der Waals surface area (Å²) in [5, 5.41) is 10.5. The molecule has 0 aliphatic carbocycles. The van der Waals surface area contributed by atoms with Crippen LogP contribution in [-0.4, -0.2) is 71.2 Å². The number of ether oxygens (including phenoxy) is 3. The van der Waals surface area contributed by atoms with Crippen molar-refractivity contribution in [2.45, 2.75) is 68.2 Å². The molecule has 1 aliphatic rings. The smallest absolute Gasteiger partial charge is 0.303 e. The van der Waals surface area contributed by atoms with E-state index < -0.39 is 69.5 Å². The average molecular weight is 573 g/mol. The summed E-state index contributed by atoms with van der Waals surface area (Å²) in [6.07, 6.45) is -8.75. The van der Waals surface area contributed by atoms with E-state index in [1.54, 1.807) is 26.0 Å². The molecule has 1 N–H and O–H groups in total. The fourth-order valence-electron chi connectivity index (χ4n) is 3.62. The standard InChI is InChI=1S/C24H28O12S2/c1-14-5-9-18(10-6-14)37(28,29)32-13-20-21(36-38(30,31)19-11-7-15(2)8-12-19)22(33-16(3)25)23(24(27)35-20)34-17(4)26/h5-12,20-24,27H,13H2,1-4H3/t20-,21-,22+,23-,24-/m1/s1. The number of benzene rings is 2. The lowest BCUT2D eigenvalue weighted by Gasteiger charge is -2.42. The maximum atomic E-state index is 13.1. The molecule has 0 radical (unpaired) electrons. The van der Waals surface area contributed by atoms with Crippen molar-refractivity contribution in [3.63, 3.8) is 0 Å². The predicted octanol–water partition coefficient (Wildman–Crippen LogP) is 1.36. The largest absolute Gasteiger partial charge is 0.455 e. The molecule has 0 aromatic heterocycles. The van der Waals surface area contributed by atoms with Gasteiger partial charge in [0.05, 0.1) is 16.4 Å². The second-order valence-corrected chi connectivity index (χ2v) is 11.8. The van der Waals surface area contributed by atoms with E-state index in [0.717, 1.165) is 25.0 Å². The zero-order valence-electron chi connectivity index (χ0n) is 21.0. The maximum Gasteiger partial charge on any atom is 0.303 e. The molecule has 12 nitrogen and oxygen atoms in total. The summed E-state index contributed by atoms with van der Waals surface area (Å²) in [5.74, 6) is -1.82. The van der Waals surface area contributed by atoms with Crippen LogP contribution in [-0.2, 0) is 52.4 Å². The van der Waals surface area contributed by atoms with E-state index in [0.29, 0.717) is 0 Å². The van der Waals surface area contributed by atoms with E-state index >= 15 is 0 Å². The Hall–Kier alpha value is -2.88. The number of esters is 2. The first-order valence-corrected chi connectivity index (χ1v) is 14.2. The fraction of sp³-hybridized carbons (Fsp3) is 0.417. The van der Waals surface area contributed by atoms with Gasteiger partial charge in [0.1, 0.15) is 12.2 Å². The van der Waals surface area contributed by atoms with Gasteiger partial charge in [-0.25, -0.2) is 0 Å². The minimum atomic E-state index is -4.56. The minimum absolute atomic E-state index is 0.182. The zero-order chi connectivity index (χ0) is 28.3. The maximum absolute atomic E-state index is 13.1. The van der Waals surface area contributed by atoms with Crippen LogP contribution in [0.4, 0.5) is 0 Å². The third kappa shape index (κ3) is 7.36. The Morgan fingerprint density at radius 2 is 1.21 bits per heavy atom. The van der Waals surface area contributed by atoms with E-state index in [2.05, 4.69) is 0 Å². The van der Waals surface area contributed by atoms with Crippen molar-refractivity contribution in [2.24, 2.45) is 0 Å². The van der Waals surface area contributed by atoms with Crippen LogP contribution in [0.3, 0.4) is 0 Å². The Morgan fingerprint density at radius 3 is 1.68 bits per heavy atom. The molecule has 0 amide bonds. The molecule has 3 rings (SSSR count). The molecule has 2 aromatic carbocycles. The van der Waals surface area contributed by atoms with Crippen LogP contribution in [0, 0.1) is 13.8 Å². The van der Waals surface area contributed by atoms with Crippen molar-refractivity contribution < 1.29 is 54.1 Å². The number of rotatable bonds is 9. The predicted molar refractivity (Wildman–Crippen MR) is 130 cm³/mol. The number of carbonyl (C=O) groups is 2. The zero-order valence-corrected chi connectivity index (χ0v) is 22.6. The van der Waals surface area contributed by atoms with Gasteiger partial charge in [-0.15, -0.1) is 0 Å². The number of aliphatic hydroxyl groups excluding tert-OH is 1. The molecule has 1 aliphatic heterocycles. The minimum Gasteiger partial charge on any atom is -0.455 e. The van der Waals surface area contributed by atoms with Gasteiger partial charge in [-0.1, -0.05) is 35.4 Å². The van der Waals surface area contributed by atoms with Crippen molar-refractivity contribution in [1.29, 1.82) is 0 Å². The molecule has 0 spiro atoms. The highest BCUT2D eigenvalue weighted by atomic mass is 32.2. The molecule has 1 fully saturated rings. The highest BCUT2D eigenvalue weighted by Gasteiger charge is 2.52. The van der Waals surface area contributed by atoms with Gasteiger partial charge in [0.2, 0.25) is 0 Å². The summed E-state index contributed by atoms with van der Waals surface area (Å²) in [6.45, 7) is 4.69. The molecular formula is C24H28O12S2. The Morgan fingerprint density at radius 1 is 0.763 bits per heavy atom. The van der Waals surface area contributed by atoms with E-state index in [4.69, 9.17) is 22.6 Å². The van der Waals surface area contributed by atoms with Gasteiger partial charge in [-0.05, 0) is 38.1 Å². The second-order valence-electron chi connectivity index (χ2n) is 8.59. The first kappa shape index (κ1) is 29.7. The Balaban J connectivity index is 1.98. The van der Waals surface area contributed by atoms with E-state index in [9.17, 15) is 31.5 Å². The normalized spacial score (nSPS) is 24.0. The van der Waals surface area contributed by atoms with E-state index in [1.807, 2.05) is 0 Å². The molecule has 2 aromatic rings. The first-order valence-electron chi connectivity index (χ1n) is 11.3. The van der Waals surface area contributed by atoms with Gasteiger partial charge in [0.25, 0.3) is 20.2 Å². The van der Waals surface area contributed by atoms with Gasteiger partial charge in [0.15, 0.2) is 18.5 Å². The lowest BCUT2D eigenvalue weighted by atomic mass is 9.99. The lowest BCUT2D eigenvalue weighted by molar-refractivity contribution is -0.287. The van der Waals surface area contributed by atoms with Gasteiger partial charge < -0.3 is 19.3 Å². The highest BCUT2D eigenvalue weighted by Crippen LogP contribution is 2.31. The van der Waals surface area contributed by atoms with Gasteiger partial charge >= 0.3 is 11.9 Å². The van der Waals surface area contributed by atoms with Crippen molar-refractivity contribution in [2.75, 3.05) is 6.61 Å². The highest BCUT2D eigenvalue weighted by molar-refractivity contribution is 7.87. The van der Waals surface area contributed by atoms with Crippen LogP contribution in [0.25, 0.3) is 0 Å². The fourth-order valence-corrected chi connectivity index (χ4v) is 5.65. The van der Waals surface area contributed by atoms with Gasteiger partial charge in [0, 0.05) is 13.8 Å². The monoisotopic (exact) mass is 572 g/mol. The molecule has 38 heavy (non-hydrogen) atoms. The number of hydrogen-bond donors (Lipinski definition) is 1. The number of aliphatic hydroxyl groups is 1. The molecular weight excluding hydrogens is 544 g/mol. The summed E-state index contributed by atoms with van der Waals surface area (Å²) in [6, 6.07) is 11.3. The first-order chi connectivity index (χ1) is 17.7. The lowest BCUT2D eigenvalue weighted by Crippen LogP contribution is -2.62. The van der Waals surface area contributed by atoms with E-state index in [-0.39, 0.29) is 9.79 Å². The van der Waals surface area contributed by atoms with Crippen LogP contribution in [0.15, 0.2) is 58.3 Å². The van der Waals surface area contributed by atoms with Crippen molar-refractivity contribution in [3.8, 4) is 0 Å². The summed E-state index contributed by atoms with van der Waals surface area (Å²) in [5.41, 5.74) is 1.58. The molecule has 0 bridgehead atoms. The Kier molecular flexibility index (Phi) is 9.28. The van der Waals surface area contributed by atoms with Crippen LogP contribution >= 0.6 is 0 Å². The molecule has 0 unspecified atom stereocenters. The van der Waals surface area contributed by atoms with E-state index in [1.165, 1.54) is 36.4 Å². The topological polar surface area (TPSA) is 169 Å². The quantitative estimate of drug-likeness (QED) is 0.339. The van der Waals surface area contributed by atoms with Crippen LogP contribution in [0.5, 0.6) is 0 Å². The Bertz CT molecular complexity index is 1350. The Labute approximate surface area is 220 Å².